The zero-order chi connectivity index (χ0) is 12.7. The summed E-state index contributed by atoms with van der Waals surface area (Å²) in [6, 6.07) is 2.45. The fraction of sp³-hybridized carbons (Fsp3) is 0.500. The first-order valence-electron chi connectivity index (χ1n) is 5.93. The van der Waals surface area contributed by atoms with E-state index < -0.39 is 0 Å². The van der Waals surface area contributed by atoms with Gasteiger partial charge in [-0.25, -0.2) is 4.98 Å². The zero-order valence-electron chi connectivity index (χ0n) is 10.3. The van der Waals surface area contributed by atoms with E-state index in [1.807, 2.05) is 0 Å². The first-order valence-corrected chi connectivity index (χ1v) is 7.12. The average Bonchev–Trinajstić information content (AvgIpc) is 2.69. The van der Waals surface area contributed by atoms with Crippen molar-refractivity contribution in [1.82, 2.24) is 9.97 Å². The van der Waals surface area contributed by atoms with E-state index in [1.54, 1.807) is 11.3 Å². The topological polar surface area (TPSA) is 38.2 Å². The summed E-state index contributed by atoms with van der Waals surface area (Å²) >= 11 is 7.68. The number of fused-ring (bicyclic) bond motifs is 1. The van der Waals surface area contributed by atoms with Gasteiger partial charge in [0, 0.05) is 11.4 Å². The molecule has 6 heteroatoms. The van der Waals surface area contributed by atoms with Crippen molar-refractivity contribution in [2.75, 3.05) is 24.7 Å². The monoisotopic (exact) mass is 283 g/mol. The van der Waals surface area contributed by atoms with E-state index in [9.17, 15) is 0 Å². The third-order valence-corrected chi connectivity index (χ3v) is 4.22. The standard InChI is InChI=1S/C12H14ClN3OS/c1-7-6-17-4-3-16(7)10-9-5-8(2)18-11(9)15-12(13)14-10/h5,7H,3-4,6H2,1-2H3. The van der Waals surface area contributed by atoms with Crippen molar-refractivity contribution in [3.05, 3.63) is 16.2 Å². The van der Waals surface area contributed by atoms with E-state index in [0.717, 1.165) is 35.8 Å². The predicted molar refractivity (Wildman–Crippen MR) is 74.8 cm³/mol. The van der Waals surface area contributed by atoms with Crippen molar-refractivity contribution in [3.8, 4) is 0 Å². The Morgan fingerprint density at radius 1 is 1.50 bits per heavy atom. The Hall–Kier alpha value is -0.910. The van der Waals surface area contributed by atoms with Crippen molar-refractivity contribution in [3.63, 3.8) is 0 Å². The van der Waals surface area contributed by atoms with Gasteiger partial charge in [0.1, 0.15) is 10.6 Å². The Labute approximate surface area is 115 Å². The van der Waals surface area contributed by atoms with Gasteiger partial charge in [0.15, 0.2) is 0 Å². The molecule has 3 heterocycles. The summed E-state index contributed by atoms with van der Waals surface area (Å²) in [6.45, 7) is 6.52. The van der Waals surface area contributed by atoms with Crippen LogP contribution >= 0.6 is 22.9 Å². The van der Waals surface area contributed by atoms with Crippen molar-refractivity contribution in [1.29, 1.82) is 0 Å². The van der Waals surface area contributed by atoms with Crippen LogP contribution in [0.3, 0.4) is 0 Å². The van der Waals surface area contributed by atoms with Gasteiger partial charge in [-0.15, -0.1) is 11.3 Å². The van der Waals surface area contributed by atoms with Crippen LogP contribution in [0.2, 0.25) is 5.28 Å². The van der Waals surface area contributed by atoms with Gasteiger partial charge in [0.25, 0.3) is 0 Å². The molecule has 0 aliphatic carbocycles. The third-order valence-electron chi connectivity index (χ3n) is 3.11. The number of thiophene rings is 1. The van der Waals surface area contributed by atoms with Gasteiger partial charge in [-0.05, 0) is 31.5 Å². The molecule has 1 aliphatic heterocycles. The Bertz CT molecular complexity index is 586. The van der Waals surface area contributed by atoms with Crippen LogP contribution in [-0.2, 0) is 4.74 Å². The zero-order valence-corrected chi connectivity index (χ0v) is 11.9. The van der Waals surface area contributed by atoms with E-state index in [0.29, 0.717) is 11.3 Å². The van der Waals surface area contributed by atoms with Gasteiger partial charge in [0.05, 0.1) is 24.6 Å². The molecular weight excluding hydrogens is 270 g/mol. The van der Waals surface area contributed by atoms with Crippen LogP contribution in [0.25, 0.3) is 10.2 Å². The highest BCUT2D eigenvalue weighted by Crippen LogP contribution is 2.32. The number of ether oxygens (including phenoxy) is 1. The number of halogens is 1. The lowest BCUT2D eigenvalue weighted by molar-refractivity contribution is 0.0987. The van der Waals surface area contributed by atoms with Gasteiger partial charge < -0.3 is 9.64 Å². The Balaban J connectivity index is 2.14. The normalized spacial score (nSPS) is 20.6. The lowest BCUT2D eigenvalue weighted by Crippen LogP contribution is -2.44. The highest BCUT2D eigenvalue weighted by Gasteiger charge is 2.23. The fourth-order valence-corrected chi connectivity index (χ4v) is 3.35. The van der Waals surface area contributed by atoms with Crippen LogP contribution < -0.4 is 4.90 Å². The fourth-order valence-electron chi connectivity index (χ4n) is 2.26. The maximum absolute atomic E-state index is 6.03. The number of hydrogen-bond donors (Lipinski definition) is 0. The molecule has 4 nitrogen and oxygen atoms in total. The molecule has 0 bridgehead atoms. The van der Waals surface area contributed by atoms with Crippen molar-refractivity contribution < 1.29 is 4.74 Å². The molecule has 0 saturated carbocycles. The lowest BCUT2D eigenvalue weighted by atomic mass is 10.2. The maximum Gasteiger partial charge on any atom is 0.225 e. The van der Waals surface area contributed by atoms with Gasteiger partial charge in [-0.3, -0.25) is 0 Å². The van der Waals surface area contributed by atoms with E-state index in [1.165, 1.54) is 4.88 Å². The van der Waals surface area contributed by atoms with Crippen LogP contribution in [0.5, 0.6) is 0 Å². The van der Waals surface area contributed by atoms with Crippen LogP contribution in [-0.4, -0.2) is 35.8 Å². The van der Waals surface area contributed by atoms with E-state index in [-0.39, 0.29) is 0 Å². The molecule has 0 aromatic carbocycles. The number of hydrogen-bond acceptors (Lipinski definition) is 5. The molecule has 0 N–H and O–H groups in total. The average molecular weight is 284 g/mol. The van der Waals surface area contributed by atoms with Gasteiger partial charge in [0.2, 0.25) is 5.28 Å². The van der Waals surface area contributed by atoms with Crippen molar-refractivity contribution >= 4 is 39.0 Å². The summed E-state index contributed by atoms with van der Waals surface area (Å²) in [6.07, 6.45) is 0. The summed E-state index contributed by atoms with van der Waals surface area (Å²) in [5, 5.41) is 1.41. The molecule has 1 atom stereocenters. The summed E-state index contributed by atoms with van der Waals surface area (Å²) in [7, 11) is 0. The SMILES string of the molecule is Cc1cc2c(N3CCOCC3C)nc(Cl)nc2s1. The quantitative estimate of drug-likeness (QED) is 0.755. The van der Waals surface area contributed by atoms with E-state index >= 15 is 0 Å². The number of morpholine rings is 1. The van der Waals surface area contributed by atoms with Gasteiger partial charge in [-0.2, -0.15) is 4.98 Å². The minimum Gasteiger partial charge on any atom is -0.377 e. The van der Waals surface area contributed by atoms with Crippen LogP contribution in [0.1, 0.15) is 11.8 Å². The van der Waals surface area contributed by atoms with Crippen molar-refractivity contribution in [2.45, 2.75) is 19.9 Å². The Morgan fingerprint density at radius 2 is 2.33 bits per heavy atom. The Kier molecular flexibility index (Phi) is 3.13. The van der Waals surface area contributed by atoms with Gasteiger partial charge in [-0.1, -0.05) is 0 Å². The number of aryl methyl sites for hydroxylation is 1. The second kappa shape index (κ2) is 4.64. The molecule has 0 radical (unpaired) electrons. The smallest absolute Gasteiger partial charge is 0.225 e. The molecule has 1 aliphatic rings. The first-order chi connectivity index (χ1) is 8.65. The molecule has 0 amide bonds. The second-order valence-electron chi connectivity index (χ2n) is 4.51. The summed E-state index contributed by atoms with van der Waals surface area (Å²) in [5.74, 6) is 0.935. The second-order valence-corrected chi connectivity index (χ2v) is 6.08. The Morgan fingerprint density at radius 3 is 3.11 bits per heavy atom. The van der Waals surface area contributed by atoms with E-state index in [4.69, 9.17) is 16.3 Å². The van der Waals surface area contributed by atoms with E-state index in [2.05, 4.69) is 34.8 Å². The largest absolute Gasteiger partial charge is 0.377 e. The number of anilines is 1. The molecule has 3 rings (SSSR count). The minimum atomic E-state index is 0.313. The highest BCUT2D eigenvalue weighted by atomic mass is 35.5. The molecule has 96 valence electrons. The summed E-state index contributed by atoms with van der Waals surface area (Å²) in [4.78, 5) is 13.2. The maximum atomic E-state index is 6.03. The lowest BCUT2D eigenvalue weighted by Gasteiger charge is -2.34. The van der Waals surface area contributed by atoms with Crippen LogP contribution in [0.4, 0.5) is 5.82 Å². The number of nitrogens with zero attached hydrogens (tertiary/aromatic N) is 3. The molecule has 2 aromatic heterocycles. The minimum absolute atomic E-state index is 0.313. The number of rotatable bonds is 1. The number of aromatic nitrogens is 2. The molecule has 1 unspecified atom stereocenters. The molecule has 1 saturated heterocycles. The molecular formula is C12H14ClN3OS. The molecule has 2 aromatic rings. The summed E-state index contributed by atoms with van der Waals surface area (Å²) < 4.78 is 5.47. The molecule has 18 heavy (non-hydrogen) atoms. The first kappa shape index (κ1) is 12.1. The predicted octanol–water partition coefficient (Wildman–Crippen LogP) is 2.88. The van der Waals surface area contributed by atoms with Crippen LogP contribution in [0.15, 0.2) is 6.07 Å². The van der Waals surface area contributed by atoms with Crippen molar-refractivity contribution in [2.24, 2.45) is 0 Å². The molecule has 0 spiro atoms. The molecule has 1 fully saturated rings. The van der Waals surface area contributed by atoms with Crippen LogP contribution in [0, 0.1) is 6.92 Å². The summed E-state index contributed by atoms with van der Waals surface area (Å²) in [5.41, 5.74) is 0. The third kappa shape index (κ3) is 2.06. The highest BCUT2D eigenvalue weighted by molar-refractivity contribution is 7.18. The van der Waals surface area contributed by atoms with Gasteiger partial charge >= 0.3 is 0 Å².